The number of carbonyl (C=O) groups excluding carboxylic acids is 1. The number of anilines is 3. The summed E-state index contributed by atoms with van der Waals surface area (Å²) in [5.41, 5.74) is -0.230. The average Bonchev–Trinajstić information content (AvgIpc) is 3.01. The Morgan fingerprint density at radius 1 is 1.12 bits per heavy atom. The number of nitrogens with one attached hydrogen (secondary N) is 2. The quantitative estimate of drug-likeness (QED) is 0.703. The number of aryl methyl sites for hydroxylation is 1. The first kappa shape index (κ1) is 16.4. The Kier molecular flexibility index (Phi) is 4.33. The van der Waals surface area contributed by atoms with E-state index < -0.39 is 23.4 Å². The van der Waals surface area contributed by atoms with Crippen molar-refractivity contribution < 1.29 is 22.5 Å². The van der Waals surface area contributed by atoms with Crippen molar-refractivity contribution in [3.8, 4) is 0 Å². The summed E-state index contributed by atoms with van der Waals surface area (Å²) in [4.78, 5) is 19.6. The molecule has 2 heterocycles. The highest BCUT2D eigenvalue weighted by atomic mass is 19.2. The predicted octanol–water partition coefficient (Wildman–Crippen LogP) is 3.19. The van der Waals surface area contributed by atoms with Crippen molar-refractivity contribution >= 4 is 23.4 Å². The van der Waals surface area contributed by atoms with E-state index in [1.807, 2.05) is 0 Å². The van der Waals surface area contributed by atoms with E-state index in [1.165, 1.54) is 18.5 Å². The van der Waals surface area contributed by atoms with Gasteiger partial charge in [-0.2, -0.15) is 0 Å². The standard InChI is InChI=1S/C15H10F3N5O2/c1-7-4-11(23-25-7)22-14(24)8-5-19-15(20-6-8)21-10-3-2-9(16)12(17)13(10)18/h2-6H,1H3,(H,19,20,21)(H,22,23,24). The van der Waals surface area contributed by atoms with Crippen LogP contribution < -0.4 is 10.6 Å². The van der Waals surface area contributed by atoms with E-state index in [0.29, 0.717) is 5.76 Å². The fraction of sp³-hybridized carbons (Fsp3) is 0.0667. The van der Waals surface area contributed by atoms with Crippen molar-refractivity contribution in [2.24, 2.45) is 0 Å². The molecule has 0 radical (unpaired) electrons. The lowest BCUT2D eigenvalue weighted by Gasteiger charge is -2.07. The summed E-state index contributed by atoms with van der Waals surface area (Å²) in [6.07, 6.45) is 2.35. The smallest absolute Gasteiger partial charge is 0.260 e. The van der Waals surface area contributed by atoms with Crippen LogP contribution in [-0.2, 0) is 0 Å². The van der Waals surface area contributed by atoms with Crippen LogP contribution in [0.15, 0.2) is 35.1 Å². The molecular formula is C15H10F3N5O2. The molecule has 1 amide bonds. The monoisotopic (exact) mass is 349 g/mol. The predicted molar refractivity (Wildman–Crippen MR) is 80.8 cm³/mol. The molecule has 0 aliphatic carbocycles. The molecule has 0 aliphatic heterocycles. The lowest BCUT2D eigenvalue weighted by atomic mass is 10.3. The van der Waals surface area contributed by atoms with Gasteiger partial charge in [0, 0.05) is 18.5 Å². The molecule has 1 aromatic carbocycles. The van der Waals surface area contributed by atoms with Gasteiger partial charge in [-0.25, -0.2) is 23.1 Å². The molecule has 10 heteroatoms. The lowest BCUT2D eigenvalue weighted by molar-refractivity contribution is 0.102. The van der Waals surface area contributed by atoms with Gasteiger partial charge in [0.05, 0.1) is 11.3 Å². The van der Waals surface area contributed by atoms with Crippen LogP contribution in [0.25, 0.3) is 0 Å². The van der Waals surface area contributed by atoms with Crippen molar-refractivity contribution in [3.63, 3.8) is 0 Å². The first-order valence-corrected chi connectivity index (χ1v) is 6.91. The van der Waals surface area contributed by atoms with Gasteiger partial charge in [0.25, 0.3) is 5.91 Å². The van der Waals surface area contributed by atoms with Gasteiger partial charge in [0.1, 0.15) is 5.76 Å². The normalized spacial score (nSPS) is 10.6. The maximum atomic E-state index is 13.6. The molecule has 7 nitrogen and oxygen atoms in total. The molecule has 3 aromatic rings. The Hall–Kier alpha value is -3.43. The molecule has 3 rings (SSSR count). The van der Waals surface area contributed by atoms with Crippen LogP contribution in [0.3, 0.4) is 0 Å². The van der Waals surface area contributed by atoms with Gasteiger partial charge < -0.3 is 15.2 Å². The van der Waals surface area contributed by atoms with Crippen molar-refractivity contribution in [2.75, 3.05) is 10.6 Å². The van der Waals surface area contributed by atoms with Gasteiger partial charge in [-0.1, -0.05) is 5.16 Å². The van der Waals surface area contributed by atoms with E-state index >= 15 is 0 Å². The molecule has 0 bridgehead atoms. The second kappa shape index (κ2) is 6.59. The molecule has 128 valence electrons. The highest BCUT2D eigenvalue weighted by Crippen LogP contribution is 2.21. The summed E-state index contributed by atoms with van der Waals surface area (Å²) < 4.78 is 44.5. The summed E-state index contributed by atoms with van der Waals surface area (Å²) in [5, 5.41) is 8.48. The largest absolute Gasteiger partial charge is 0.360 e. The minimum Gasteiger partial charge on any atom is -0.360 e. The zero-order valence-corrected chi connectivity index (χ0v) is 12.7. The fourth-order valence-electron chi connectivity index (χ4n) is 1.87. The van der Waals surface area contributed by atoms with Crippen LogP contribution in [0.5, 0.6) is 0 Å². The highest BCUT2D eigenvalue weighted by molar-refractivity contribution is 6.03. The summed E-state index contributed by atoms with van der Waals surface area (Å²) in [6.45, 7) is 1.67. The molecule has 2 N–H and O–H groups in total. The van der Waals surface area contributed by atoms with Crippen LogP contribution in [0.4, 0.5) is 30.6 Å². The second-order valence-electron chi connectivity index (χ2n) is 4.92. The topological polar surface area (TPSA) is 92.9 Å². The molecule has 0 saturated heterocycles. The van der Waals surface area contributed by atoms with E-state index in [0.717, 1.165) is 12.1 Å². The SMILES string of the molecule is Cc1cc(NC(=O)c2cnc(Nc3ccc(F)c(F)c3F)nc2)no1. The number of hydrogen-bond donors (Lipinski definition) is 2. The highest BCUT2D eigenvalue weighted by Gasteiger charge is 2.15. The second-order valence-corrected chi connectivity index (χ2v) is 4.92. The van der Waals surface area contributed by atoms with Crippen LogP contribution in [0, 0.1) is 24.4 Å². The Balaban J connectivity index is 1.72. The number of hydrogen-bond acceptors (Lipinski definition) is 6. The van der Waals surface area contributed by atoms with Crippen molar-refractivity contribution in [3.05, 3.63) is 59.4 Å². The number of amides is 1. The van der Waals surface area contributed by atoms with Crippen LogP contribution in [0.2, 0.25) is 0 Å². The minimum absolute atomic E-state index is 0.0984. The Labute approximate surface area is 138 Å². The van der Waals surface area contributed by atoms with Crippen molar-refractivity contribution in [1.29, 1.82) is 0 Å². The number of halogens is 3. The van der Waals surface area contributed by atoms with Gasteiger partial charge in [0.15, 0.2) is 23.3 Å². The maximum absolute atomic E-state index is 13.6. The number of carbonyl (C=O) groups is 1. The summed E-state index contributed by atoms with van der Waals surface area (Å²) in [5.74, 6) is -4.18. The Bertz CT molecular complexity index is 927. The third-order valence-corrected chi connectivity index (χ3v) is 3.07. The summed E-state index contributed by atoms with van der Waals surface area (Å²) >= 11 is 0. The minimum atomic E-state index is -1.61. The zero-order chi connectivity index (χ0) is 18.0. The van der Waals surface area contributed by atoms with Gasteiger partial charge in [-0.05, 0) is 19.1 Å². The molecule has 0 spiro atoms. The van der Waals surface area contributed by atoms with Crippen LogP contribution in [-0.4, -0.2) is 21.0 Å². The third-order valence-electron chi connectivity index (χ3n) is 3.07. The van der Waals surface area contributed by atoms with E-state index in [2.05, 4.69) is 25.8 Å². The number of rotatable bonds is 4. The van der Waals surface area contributed by atoms with Gasteiger partial charge in [-0.3, -0.25) is 4.79 Å². The van der Waals surface area contributed by atoms with E-state index in [4.69, 9.17) is 4.52 Å². The Morgan fingerprint density at radius 3 is 2.48 bits per heavy atom. The molecule has 0 atom stereocenters. The molecule has 25 heavy (non-hydrogen) atoms. The van der Waals surface area contributed by atoms with Gasteiger partial charge in [0.2, 0.25) is 5.95 Å². The van der Waals surface area contributed by atoms with Gasteiger partial charge >= 0.3 is 0 Å². The van der Waals surface area contributed by atoms with E-state index in [-0.39, 0.29) is 23.0 Å². The van der Waals surface area contributed by atoms with Gasteiger partial charge in [-0.15, -0.1) is 0 Å². The summed E-state index contributed by atoms with van der Waals surface area (Å²) in [6, 6.07) is 3.30. The first-order valence-electron chi connectivity index (χ1n) is 6.91. The zero-order valence-electron chi connectivity index (χ0n) is 12.7. The molecule has 0 saturated carbocycles. The molecule has 2 aromatic heterocycles. The number of aromatic nitrogens is 3. The number of nitrogens with zero attached hydrogens (tertiary/aromatic N) is 3. The molecule has 0 fully saturated rings. The van der Waals surface area contributed by atoms with E-state index in [9.17, 15) is 18.0 Å². The van der Waals surface area contributed by atoms with Crippen LogP contribution >= 0.6 is 0 Å². The lowest BCUT2D eigenvalue weighted by Crippen LogP contribution is -2.13. The number of benzene rings is 1. The Morgan fingerprint density at radius 2 is 1.84 bits per heavy atom. The van der Waals surface area contributed by atoms with Crippen LogP contribution in [0.1, 0.15) is 16.1 Å². The van der Waals surface area contributed by atoms with Crippen molar-refractivity contribution in [2.45, 2.75) is 6.92 Å². The molecule has 0 unspecified atom stereocenters. The fourth-order valence-corrected chi connectivity index (χ4v) is 1.87. The maximum Gasteiger partial charge on any atom is 0.260 e. The third kappa shape index (κ3) is 3.57. The summed E-state index contributed by atoms with van der Waals surface area (Å²) in [7, 11) is 0. The molecule has 0 aliphatic rings. The first-order chi connectivity index (χ1) is 11.9. The average molecular weight is 349 g/mol. The van der Waals surface area contributed by atoms with Crippen molar-refractivity contribution in [1.82, 2.24) is 15.1 Å². The van der Waals surface area contributed by atoms with E-state index in [1.54, 1.807) is 6.92 Å². The molecular weight excluding hydrogens is 339 g/mol.